The van der Waals surface area contributed by atoms with Crippen LogP contribution in [0.2, 0.25) is 0 Å². The molecule has 0 saturated carbocycles. The molecule has 0 bridgehead atoms. The zero-order chi connectivity index (χ0) is 23.3. The standard InChI is InChI=1S/C20H25N7O5/c1-2-3-14(19(31)32)24-17(29)11-4-6-12(7-5-11)22-8-13-9-23-16-15(27(13)10-28)18(30)26-20(21)25-16/h4-7,10,13-14,22H,2-3,8-9H2,1H3,(H,24,29)(H,31,32)(H4,21,23,25,26,30)/t13-,14-/m0/s1. The summed E-state index contributed by atoms with van der Waals surface area (Å²) in [4.78, 5) is 55.1. The average molecular weight is 443 g/mol. The monoisotopic (exact) mass is 443 g/mol. The molecule has 12 nitrogen and oxygen atoms in total. The van der Waals surface area contributed by atoms with Crippen molar-refractivity contribution in [3.8, 4) is 0 Å². The number of rotatable bonds is 9. The van der Waals surface area contributed by atoms with Crippen molar-refractivity contribution in [2.24, 2.45) is 0 Å². The number of aromatic amines is 1. The highest BCUT2D eigenvalue weighted by Gasteiger charge is 2.29. The molecule has 0 unspecified atom stereocenters. The zero-order valence-electron chi connectivity index (χ0n) is 17.4. The van der Waals surface area contributed by atoms with E-state index in [-0.39, 0.29) is 23.5 Å². The van der Waals surface area contributed by atoms with Gasteiger partial charge in [0.25, 0.3) is 11.5 Å². The highest BCUT2D eigenvalue weighted by molar-refractivity contribution is 5.96. The van der Waals surface area contributed by atoms with E-state index in [2.05, 4.69) is 25.9 Å². The van der Waals surface area contributed by atoms with Gasteiger partial charge >= 0.3 is 5.97 Å². The van der Waals surface area contributed by atoms with E-state index in [1.807, 2.05) is 6.92 Å². The van der Waals surface area contributed by atoms with Gasteiger partial charge < -0.3 is 31.7 Å². The van der Waals surface area contributed by atoms with Gasteiger partial charge in [-0.15, -0.1) is 0 Å². The van der Waals surface area contributed by atoms with E-state index in [0.717, 1.165) is 0 Å². The van der Waals surface area contributed by atoms with Crippen LogP contribution in [0.5, 0.6) is 0 Å². The van der Waals surface area contributed by atoms with Crippen LogP contribution in [-0.4, -0.2) is 58.5 Å². The maximum absolute atomic E-state index is 12.3. The largest absolute Gasteiger partial charge is 0.480 e. The van der Waals surface area contributed by atoms with Gasteiger partial charge in [-0.25, -0.2) is 4.79 Å². The number of benzene rings is 1. The molecule has 1 aliphatic rings. The summed E-state index contributed by atoms with van der Waals surface area (Å²) in [5.74, 6) is -1.34. The van der Waals surface area contributed by atoms with E-state index in [4.69, 9.17) is 5.73 Å². The Morgan fingerprint density at radius 3 is 2.72 bits per heavy atom. The van der Waals surface area contributed by atoms with Gasteiger partial charge in [0.15, 0.2) is 11.5 Å². The second-order valence-corrected chi connectivity index (χ2v) is 7.31. The molecule has 2 atom stereocenters. The number of aliphatic carboxylic acids is 1. The number of carbonyl (C=O) groups is 3. The summed E-state index contributed by atoms with van der Waals surface area (Å²) in [7, 11) is 0. The van der Waals surface area contributed by atoms with Crippen LogP contribution >= 0.6 is 0 Å². The molecular formula is C20H25N7O5. The second kappa shape index (κ2) is 9.81. The van der Waals surface area contributed by atoms with Gasteiger partial charge in [-0.3, -0.25) is 19.4 Å². The summed E-state index contributed by atoms with van der Waals surface area (Å²) in [5, 5.41) is 17.9. The Morgan fingerprint density at radius 2 is 2.09 bits per heavy atom. The van der Waals surface area contributed by atoms with Crippen molar-refractivity contribution in [1.82, 2.24) is 15.3 Å². The number of carboxylic acid groups (broad SMARTS) is 1. The first-order valence-corrected chi connectivity index (χ1v) is 10.1. The maximum atomic E-state index is 12.3. The molecule has 7 N–H and O–H groups in total. The Kier molecular flexibility index (Phi) is 6.93. The summed E-state index contributed by atoms with van der Waals surface area (Å²) in [6.07, 6.45) is 1.55. The molecule has 1 aliphatic heterocycles. The van der Waals surface area contributed by atoms with E-state index in [9.17, 15) is 24.3 Å². The lowest BCUT2D eigenvalue weighted by Crippen LogP contribution is -2.50. The quantitative estimate of drug-likeness (QED) is 0.295. The molecule has 0 aliphatic carbocycles. The van der Waals surface area contributed by atoms with Crippen LogP contribution in [0.3, 0.4) is 0 Å². The summed E-state index contributed by atoms with van der Waals surface area (Å²) in [6.45, 7) is 2.51. The first-order valence-electron chi connectivity index (χ1n) is 10.1. The fraction of sp³-hybridized carbons (Fsp3) is 0.350. The SMILES string of the molecule is CCC[C@H](NC(=O)c1ccc(NC[C@H]2CNc3nc(N)[nH]c(=O)c3N2C=O)cc1)C(=O)O. The number of carbonyl (C=O) groups excluding carboxylic acids is 2. The Hall–Kier alpha value is -4.09. The first-order chi connectivity index (χ1) is 15.3. The predicted octanol–water partition coefficient (Wildman–Crippen LogP) is 0.204. The van der Waals surface area contributed by atoms with Gasteiger partial charge in [-0.05, 0) is 30.7 Å². The van der Waals surface area contributed by atoms with E-state index in [1.165, 1.54) is 4.90 Å². The lowest BCUT2D eigenvalue weighted by Gasteiger charge is -2.34. The highest BCUT2D eigenvalue weighted by atomic mass is 16.4. The number of anilines is 4. The minimum Gasteiger partial charge on any atom is -0.480 e. The Morgan fingerprint density at radius 1 is 1.38 bits per heavy atom. The lowest BCUT2D eigenvalue weighted by atomic mass is 10.1. The van der Waals surface area contributed by atoms with Gasteiger partial charge in [0.05, 0.1) is 6.04 Å². The molecule has 2 amide bonds. The third-order valence-corrected chi connectivity index (χ3v) is 5.05. The number of nitrogen functional groups attached to an aromatic ring is 1. The number of hydrogen-bond donors (Lipinski definition) is 6. The van der Waals surface area contributed by atoms with Crippen molar-refractivity contribution in [1.29, 1.82) is 0 Å². The van der Waals surface area contributed by atoms with Gasteiger partial charge in [0.2, 0.25) is 12.4 Å². The van der Waals surface area contributed by atoms with Crippen LogP contribution in [0.1, 0.15) is 30.1 Å². The third kappa shape index (κ3) is 4.96. The zero-order valence-corrected chi connectivity index (χ0v) is 17.4. The smallest absolute Gasteiger partial charge is 0.326 e. The summed E-state index contributed by atoms with van der Waals surface area (Å²) in [6, 6.07) is 5.19. The Labute approximate surface area is 183 Å². The molecule has 1 aromatic carbocycles. The molecule has 2 aromatic rings. The molecule has 0 saturated heterocycles. The van der Waals surface area contributed by atoms with Crippen molar-refractivity contribution in [2.45, 2.75) is 31.8 Å². The molecule has 170 valence electrons. The average Bonchev–Trinajstić information content (AvgIpc) is 2.77. The summed E-state index contributed by atoms with van der Waals surface area (Å²) >= 11 is 0. The molecule has 3 rings (SSSR count). The molecule has 0 spiro atoms. The van der Waals surface area contributed by atoms with Gasteiger partial charge in [-0.2, -0.15) is 4.98 Å². The number of nitrogens with one attached hydrogen (secondary N) is 4. The van der Waals surface area contributed by atoms with Crippen LogP contribution in [0, 0.1) is 0 Å². The first kappa shape index (κ1) is 22.6. The number of fused-ring (bicyclic) bond motifs is 1. The summed E-state index contributed by atoms with van der Waals surface area (Å²) in [5.41, 5.74) is 6.14. The van der Waals surface area contributed by atoms with Crippen LogP contribution in [-0.2, 0) is 9.59 Å². The van der Waals surface area contributed by atoms with Crippen molar-refractivity contribution < 1.29 is 19.5 Å². The Balaban J connectivity index is 1.64. The van der Waals surface area contributed by atoms with Crippen LogP contribution in [0.25, 0.3) is 0 Å². The Bertz CT molecular complexity index is 1050. The van der Waals surface area contributed by atoms with Crippen molar-refractivity contribution in [3.63, 3.8) is 0 Å². The third-order valence-electron chi connectivity index (χ3n) is 5.05. The topological polar surface area (TPSA) is 183 Å². The highest BCUT2D eigenvalue weighted by Crippen LogP contribution is 2.25. The van der Waals surface area contributed by atoms with Crippen LogP contribution in [0.15, 0.2) is 29.1 Å². The molecule has 2 heterocycles. The molecule has 1 aromatic heterocycles. The van der Waals surface area contributed by atoms with E-state index in [1.54, 1.807) is 24.3 Å². The van der Waals surface area contributed by atoms with Gasteiger partial charge in [0.1, 0.15) is 6.04 Å². The lowest BCUT2D eigenvalue weighted by molar-refractivity contribution is -0.139. The summed E-state index contributed by atoms with van der Waals surface area (Å²) < 4.78 is 0. The van der Waals surface area contributed by atoms with E-state index in [0.29, 0.717) is 43.6 Å². The fourth-order valence-electron chi connectivity index (χ4n) is 3.41. The number of H-pyrrole nitrogens is 1. The van der Waals surface area contributed by atoms with Crippen molar-refractivity contribution in [3.05, 3.63) is 40.2 Å². The number of hydrogen-bond acceptors (Lipinski definition) is 8. The molecule has 32 heavy (non-hydrogen) atoms. The van der Waals surface area contributed by atoms with E-state index >= 15 is 0 Å². The molecule has 12 heteroatoms. The van der Waals surface area contributed by atoms with Crippen molar-refractivity contribution in [2.75, 3.05) is 34.4 Å². The number of carboxylic acids is 1. The van der Waals surface area contributed by atoms with Gasteiger partial charge in [0, 0.05) is 24.3 Å². The molecule has 0 radical (unpaired) electrons. The number of nitrogens with zero attached hydrogens (tertiary/aromatic N) is 2. The minimum atomic E-state index is -1.07. The van der Waals surface area contributed by atoms with Crippen LogP contribution < -0.4 is 32.1 Å². The molecular weight excluding hydrogens is 418 g/mol. The number of nitrogens with two attached hydrogens (primary N) is 1. The predicted molar refractivity (Wildman–Crippen MR) is 119 cm³/mol. The van der Waals surface area contributed by atoms with Crippen LogP contribution in [0.4, 0.5) is 23.1 Å². The fourth-order valence-corrected chi connectivity index (χ4v) is 3.41. The van der Waals surface area contributed by atoms with E-state index < -0.39 is 23.5 Å². The molecule has 0 fully saturated rings. The maximum Gasteiger partial charge on any atom is 0.326 e. The normalized spacial score (nSPS) is 15.8. The second-order valence-electron chi connectivity index (χ2n) is 7.31. The van der Waals surface area contributed by atoms with Crippen molar-refractivity contribution >= 4 is 41.4 Å². The number of aromatic nitrogens is 2. The minimum absolute atomic E-state index is 0.0443. The van der Waals surface area contributed by atoms with Gasteiger partial charge in [-0.1, -0.05) is 13.3 Å². The number of amides is 2.